The zero-order chi connectivity index (χ0) is 16.2. The Morgan fingerprint density at radius 2 is 2.30 bits per heavy atom. The number of nitrogens with one attached hydrogen (secondary N) is 1. The van der Waals surface area contributed by atoms with Gasteiger partial charge in [0.1, 0.15) is 0 Å². The second kappa shape index (κ2) is 7.10. The maximum Gasteiger partial charge on any atom is 0.228 e. The van der Waals surface area contributed by atoms with Crippen molar-refractivity contribution < 1.29 is 9.59 Å². The first-order valence-electron chi connectivity index (χ1n) is 7.38. The fraction of sp³-hybridized carbons (Fsp3) is 0.312. The van der Waals surface area contributed by atoms with Gasteiger partial charge in [-0.1, -0.05) is 23.7 Å². The average Bonchev–Trinajstić information content (AvgIpc) is 3.14. The smallest absolute Gasteiger partial charge is 0.228 e. The van der Waals surface area contributed by atoms with Crippen LogP contribution in [0.4, 0.5) is 5.13 Å². The number of hydrogen-bond donors (Lipinski definition) is 1. The molecule has 7 heteroatoms. The van der Waals surface area contributed by atoms with Crippen LogP contribution in [0, 0.1) is 0 Å². The number of carbonyl (C=O) groups excluding carboxylic acids is 2. The minimum atomic E-state index is -0.102. The second-order valence-corrected chi connectivity index (χ2v) is 6.63. The number of rotatable bonds is 5. The lowest BCUT2D eigenvalue weighted by Crippen LogP contribution is -2.25. The first kappa shape index (κ1) is 16.0. The Morgan fingerprint density at radius 1 is 1.43 bits per heavy atom. The van der Waals surface area contributed by atoms with E-state index in [1.54, 1.807) is 11.0 Å². The van der Waals surface area contributed by atoms with Gasteiger partial charge in [0.25, 0.3) is 0 Å². The van der Waals surface area contributed by atoms with Crippen molar-refractivity contribution in [1.82, 2.24) is 10.3 Å². The van der Waals surface area contributed by atoms with Gasteiger partial charge in [-0.25, -0.2) is 4.98 Å². The van der Waals surface area contributed by atoms with Crippen LogP contribution in [0.2, 0.25) is 5.02 Å². The summed E-state index contributed by atoms with van der Waals surface area (Å²) in [7, 11) is 0. The highest BCUT2D eigenvalue weighted by atomic mass is 35.5. The summed E-state index contributed by atoms with van der Waals surface area (Å²) < 4.78 is 0. The van der Waals surface area contributed by atoms with Gasteiger partial charge in [-0.05, 0) is 24.1 Å². The largest absolute Gasteiger partial charge is 0.352 e. The van der Waals surface area contributed by atoms with Gasteiger partial charge in [-0.3, -0.25) is 14.5 Å². The Kier molecular flexibility index (Phi) is 4.93. The molecule has 1 N–H and O–H groups in total. The van der Waals surface area contributed by atoms with Crippen molar-refractivity contribution in [2.75, 3.05) is 11.4 Å². The number of carbonyl (C=O) groups is 2. The molecule has 1 aliphatic heterocycles. The molecule has 1 saturated heterocycles. The number of benzene rings is 1. The highest BCUT2D eigenvalue weighted by Crippen LogP contribution is 2.25. The quantitative estimate of drug-likeness (QED) is 0.902. The minimum Gasteiger partial charge on any atom is -0.352 e. The lowest BCUT2D eigenvalue weighted by atomic mass is 10.2. The summed E-state index contributed by atoms with van der Waals surface area (Å²) >= 11 is 7.32. The van der Waals surface area contributed by atoms with Crippen LogP contribution in [0.3, 0.4) is 0 Å². The van der Waals surface area contributed by atoms with Gasteiger partial charge < -0.3 is 5.32 Å². The van der Waals surface area contributed by atoms with Crippen LogP contribution in [0.1, 0.15) is 24.1 Å². The summed E-state index contributed by atoms with van der Waals surface area (Å²) in [6.45, 7) is 1.15. The van der Waals surface area contributed by atoms with Crippen LogP contribution in [-0.4, -0.2) is 23.3 Å². The van der Waals surface area contributed by atoms with Gasteiger partial charge in [-0.15, -0.1) is 11.3 Å². The molecular weight excluding hydrogens is 334 g/mol. The third kappa shape index (κ3) is 4.09. The van der Waals surface area contributed by atoms with Crippen LogP contribution in [0.15, 0.2) is 29.6 Å². The lowest BCUT2D eigenvalue weighted by molar-refractivity contribution is -0.120. The molecule has 2 aromatic rings. The maximum absolute atomic E-state index is 12.0. The number of nitrogens with zero attached hydrogens (tertiary/aromatic N) is 2. The fourth-order valence-corrected chi connectivity index (χ4v) is 3.51. The molecule has 23 heavy (non-hydrogen) atoms. The minimum absolute atomic E-state index is 0.102. The molecule has 2 heterocycles. The van der Waals surface area contributed by atoms with E-state index >= 15 is 0 Å². The van der Waals surface area contributed by atoms with Crippen LogP contribution in [0.25, 0.3) is 0 Å². The van der Waals surface area contributed by atoms with Gasteiger partial charge in [0.05, 0.1) is 12.1 Å². The number of anilines is 1. The van der Waals surface area contributed by atoms with E-state index in [-0.39, 0.29) is 18.2 Å². The summed E-state index contributed by atoms with van der Waals surface area (Å²) in [5.41, 5.74) is 1.64. The van der Waals surface area contributed by atoms with E-state index in [1.807, 2.05) is 23.6 Å². The third-order valence-corrected chi connectivity index (χ3v) is 4.71. The number of aromatic nitrogens is 1. The Morgan fingerprint density at radius 3 is 3.04 bits per heavy atom. The van der Waals surface area contributed by atoms with E-state index in [4.69, 9.17) is 11.6 Å². The normalized spacial score (nSPS) is 14.3. The highest BCUT2D eigenvalue weighted by Gasteiger charge is 2.24. The van der Waals surface area contributed by atoms with Crippen molar-refractivity contribution in [1.29, 1.82) is 0 Å². The lowest BCUT2D eigenvalue weighted by Gasteiger charge is -2.10. The van der Waals surface area contributed by atoms with E-state index in [0.717, 1.165) is 12.0 Å². The highest BCUT2D eigenvalue weighted by molar-refractivity contribution is 7.14. The SMILES string of the molecule is O=C(Cc1csc(N2CCCC2=O)n1)NCc1cccc(Cl)c1. The van der Waals surface area contributed by atoms with Crippen molar-refractivity contribution in [3.63, 3.8) is 0 Å². The Labute approximate surface area is 143 Å². The molecule has 0 aliphatic carbocycles. The molecule has 0 spiro atoms. The van der Waals surface area contributed by atoms with E-state index in [0.29, 0.717) is 35.4 Å². The van der Waals surface area contributed by atoms with E-state index in [2.05, 4.69) is 10.3 Å². The van der Waals surface area contributed by atoms with Gasteiger partial charge in [-0.2, -0.15) is 0 Å². The molecular formula is C16H16ClN3O2S. The molecule has 1 aromatic carbocycles. The van der Waals surface area contributed by atoms with Crippen LogP contribution in [-0.2, 0) is 22.6 Å². The molecule has 5 nitrogen and oxygen atoms in total. The molecule has 0 atom stereocenters. The molecule has 1 fully saturated rings. The number of hydrogen-bond acceptors (Lipinski definition) is 4. The topological polar surface area (TPSA) is 62.3 Å². The molecule has 0 bridgehead atoms. The zero-order valence-electron chi connectivity index (χ0n) is 12.4. The van der Waals surface area contributed by atoms with Crippen LogP contribution in [0.5, 0.6) is 0 Å². The monoisotopic (exact) mass is 349 g/mol. The Hall–Kier alpha value is -1.92. The Balaban J connectivity index is 1.54. The van der Waals surface area contributed by atoms with E-state index < -0.39 is 0 Å². The Bertz CT molecular complexity index is 732. The molecule has 2 amide bonds. The van der Waals surface area contributed by atoms with Crippen LogP contribution >= 0.6 is 22.9 Å². The van der Waals surface area contributed by atoms with Gasteiger partial charge in [0.15, 0.2) is 5.13 Å². The second-order valence-electron chi connectivity index (χ2n) is 5.35. The van der Waals surface area contributed by atoms with Gasteiger partial charge >= 0.3 is 0 Å². The average molecular weight is 350 g/mol. The first-order valence-corrected chi connectivity index (χ1v) is 8.63. The number of amides is 2. The van der Waals surface area contributed by atoms with E-state index in [9.17, 15) is 9.59 Å². The molecule has 120 valence electrons. The molecule has 1 aliphatic rings. The predicted octanol–water partition coefficient (Wildman–Crippen LogP) is 2.78. The van der Waals surface area contributed by atoms with Crippen molar-refractivity contribution in [3.8, 4) is 0 Å². The van der Waals surface area contributed by atoms with E-state index in [1.165, 1.54) is 11.3 Å². The molecule has 0 saturated carbocycles. The predicted molar refractivity (Wildman–Crippen MR) is 90.7 cm³/mol. The summed E-state index contributed by atoms with van der Waals surface area (Å²) in [6, 6.07) is 7.38. The fourth-order valence-electron chi connectivity index (χ4n) is 2.43. The van der Waals surface area contributed by atoms with Crippen molar-refractivity contribution in [2.24, 2.45) is 0 Å². The van der Waals surface area contributed by atoms with Crippen LogP contribution < -0.4 is 10.2 Å². The molecule has 3 rings (SSSR count). The number of halogens is 1. The maximum atomic E-state index is 12.0. The number of thiazole rings is 1. The van der Waals surface area contributed by atoms with Crippen molar-refractivity contribution in [2.45, 2.75) is 25.8 Å². The standard InChI is InChI=1S/C16H16ClN3O2S/c17-12-4-1-3-11(7-12)9-18-14(21)8-13-10-23-16(19-13)20-6-2-5-15(20)22/h1,3-4,7,10H,2,5-6,8-9H2,(H,18,21). The van der Waals surface area contributed by atoms with Gasteiger partial charge in [0.2, 0.25) is 11.8 Å². The first-order chi connectivity index (χ1) is 11.1. The summed E-state index contributed by atoms with van der Waals surface area (Å²) in [5, 5.41) is 6.02. The summed E-state index contributed by atoms with van der Waals surface area (Å²) in [6.07, 6.45) is 1.65. The van der Waals surface area contributed by atoms with Crippen molar-refractivity contribution >= 4 is 39.9 Å². The molecule has 0 unspecified atom stereocenters. The van der Waals surface area contributed by atoms with Crippen molar-refractivity contribution in [3.05, 3.63) is 45.9 Å². The summed E-state index contributed by atoms with van der Waals surface area (Å²) in [4.78, 5) is 29.8. The third-order valence-electron chi connectivity index (χ3n) is 3.56. The molecule has 0 radical (unpaired) electrons. The zero-order valence-corrected chi connectivity index (χ0v) is 14.0. The molecule has 1 aromatic heterocycles. The van der Waals surface area contributed by atoms with Gasteiger partial charge in [0, 0.05) is 29.9 Å². The summed E-state index contributed by atoms with van der Waals surface area (Å²) in [5.74, 6) is 0.00545.